The lowest BCUT2D eigenvalue weighted by atomic mass is 9.95. The summed E-state index contributed by atoms with van der Waals surface area (Å²) in [7, 11) is 1.78. The molecule has 0 unspecified atom stereocenters. The van der Waals surface area contributed by atoms with Gasteiger partial charge in [-0.15, -0.1) is 12.4 Å². The topological polar surface area (TPSA) is 75.4 Å². The Labute approximate surface area is 172 Å². The van der Waals surface area contributed by atoms with Crippen molar-refractivity contribution in [1.29, 1.82) is 0 Å². The minimum Gasteiger partial charge on any atom is -0.330 e. The molecule has 0 heterocycles. The lowest BCUT2D eigenvalue weighted by Gasteiger charge is -2.18. The van der Waals surface area contributed by atoms with E-state index in [0.29, 0.717) is 13.0 Å². The van der Waals surface area contributed by atoms with Gasteiger partial charge in [-0.3, -0.25) is 9.59 Å². The highest BCUT2D eigenvalue weighted by molar-refractivity contribution is 5.95. The van der Waals surface area contributed by atoms with Gasteiger partial charge in [-0.2, -0.15) is 0 Å². The van der Waals surface area contributed by atoms with Gasteiger partial charge in [0.1, 0.15) is 0 Å². The van der Waals surface area contributed by atoms with Gasteiger partial charge in [0.15, 0.2) is 0 Å². The van der Waals surface area contributed by atoms with Crippen LogP contribution in [-0.4, -0.2) is 25.4 Å². The average molecular weight is 402 g/mol. The SMILES string of the molecule is CN(C(=O)Cc1ccc(NC(=O)[C@@H]2CCC[C@@H]2CN)cc1)c1ccccc1.Cl. The first kappa shape index (κ1) is 21.9. The van der Waals surface area contributed by atoms with Crippen molar-refractivity contribution in [3.05, 3.63) is 60.2 Å². The Bertz CT molecular complexity index is 780. The Morgan fingerprint density at radius 1 is 1.07 bits per heavy atom. The standard InChI is InChI=1S/C22H27N3O2.ClH/c1-25(19-7-3-2-4-8-19)21(26)14-16-10-12-18(13-11-16)24-22(27)20-9-5-6-17(20)15-23;/h2-4,7-8,10-13,17,20H,5-6,9,14-15,23H2,1H3,(H,24,27);1H/t17-,20-;/m1./s1. The summed E-state index contributed by atoms with van der Waals surface area (Å²) < 4.78 is 0. The van der Waals surface area contributed by atoms with Crippen LogP contribution >= 0.6 is 12.4 Å². The fourth-order valence-corrected chi connectivity index (χ4v) is 3.69. The van der Waals surface area contributed by atoms with Crippen LogP contribution in [0.15, 0.2) is 54.6 Å². The fourth-order valence-electron chi connectivity index (χ4n) is 3.69. The first-order valence-electron chi connectivity index (χ1n) is 9.50. The van der Waals surface area contributed by atoms with Crippen molar-refractivity contribution >= 4 is 35.6 Å². The van der Waals surface area contributed by atoms with E-state index >= 15 is 0 Å². The predicted molar refractivity (Wildman–Crippen MR) is 116 cm³/mol. The highest BCUT2D eigenvalue weighted by Gasteiger charge is 2.31. The Balaban J connectivity index is 0.00000280. The number of nitrogens with two attached hydrogens (primary N) is 1. The number of para-hydroxylation sites is 1. The fraction of sp³-hybridized carbons (Fsp3) is 0.364. The summed E-state index contributed by atoms with van der Waals surface area (Å²) in [6, 6.07) is 17.1. The summed E-state index contributed by atoms with van der Waals surface area (Å²) in [4.78, 5) is 26.6. The number of amides is 2. The molecular formula is C22H28ClN3O2. The van der Waals surface area contributed by atoms with Gasteiger partial charge in [-0.1, -0.05) is 36.8 Å². The van der Waals surface area contributed by atoms with E-state index in [1.807, 2.05) is 54.6 Å². The molecule has 3 rings (SSSR count). The predicted octanol–water partition coefficient (Wildman–Crippen LogP) is 3.63. The second kappa shape index (κ2) is 10.2. The van der Waals surface area contributed by atoms with Gasteiger partial charge < -0.3 is 16.0 Å². The van der Waals surface area contributed by atoms with Crippen LogP contribution in [0.5, 0.6) is 0 Å². The Morgan fingerprint density at radius 2 is 1.75 bits per heavy atom. The molecular weight excluding hydrogens is 374 g/mol. The number of carbonyl (C=O) groups excluding carboxylic acids is 2. The molecule has 3 N–H and O–H groups in total. The third-order valence-corrected chi connectivity index (χ3v) is 5.39. The maximum Gasteiger partial charge on any atom is 0.231 e. The molecule has 1 fully saturated rings. The Hall–Kier alpha value is -2.37. The van der Waals surface area contributed by atoms with Crippen molar-refractivity contribution in [2.75, 3.05) is 23.8 Å². The summed E-state index contributed by atoms with van der Waals surface area (Å²) >= 11 is 0. The van der Waals surface area contributed by atoms with Crippen LogP contribution in [0, 0.1) is 11.8 Å². The maximum atomic E-state index is 12.5. The van der Waals surface area contributed by atoms with Crippen molar-refractivity contribution in [2.24, 2.45) is 17.6 Å². The molecule has 1 aliphatic carbocycles. The molecule has 5 nitrogen and oxygen atoms in total. The summed E-state index contributed by atoms with van der Waals surface area (Å²) in [5.74, 6) is 0.372. The number of nitrogens with one attached hydrogen (secondary N) is 1. The summed E-state index contributed by atoms with van der Waals surface area (Å²) in [6.07, 6.45) is 3.32. The van der Waals surface area contributed by atoms with Gasteiger partial charge in [0.25, 0.3) is 0 Å². The number of hydrogen-bond donors (Lipinski definition) is 2. The molecule has 2 aromatic carbocycles. The zero-order valence-electron chi connectivity index (χ0n) is 16.1. The van der Waals surface area contributed by atoms with Gasteiger partial charge in [-0.05, 0) is 55.1 Å². The summed E-state index contributed by atoms with van der Waals surface area (Å²) in [6.45, 7) is 0.564. The highest BCUT2D eigenvalue weighted by Crippen LogP contribution is 2.31. The van der Waals surface area contributed by atoms with E-state index < -0.39 is 0 Å². The molecule has 0 aliphatic heterocycles. The normalized spacial score (nSPS) is 18.2. The number of nitrogens with zero attached hydrogens (tertiary/aromatic N) is 1. The molecule has 0 bridgehead atoms. The number of likely N-dealkylation sites (N-methyl/N-ethyl adjacent to an activating group) is 1. The second-order valence-electron chi connectivity index (χ2n) is 7.18. The van der Waals surface area contributed by atoms with E-state index in [-0.39, 0.29) is 36.1 Å². The zero-order valence-corrected chi connectivity index (χ0v) is 17.0. The van der Waals surface area contributed by atoms with Gasteiger partial charge >= 0.3 is 0 Å². The number of hydrogen-bond acceptors (Lipinski definition) is 3. The van der Waals surface area contributed by atoms with E-state index in [4.69, 9.17) is 5.73 Å². The number of benzene rings is 2. The summed E-state index contributed by atoms with van der Waals surface area (Å²) in [5.41, 5.74) is 8.32. The number of halogens is 1. The van der Waals surface area contributed by atoms with Crippen LogP contribution in [-0.2, 0) is 16.0 Å². The van der Waals surface area contributed by atoms with E-state index in [9.17, 15) is 9.59 Å². The summed E-state index contributed by atoms with van der Waals surface area (Å²) in [5, 5.41) is 2.99. The maximum absolute atomic E-state index is 12.5. The van der Waals surface area contributed by atoms with Crippen LogP contribution < -0.4 is 16.0 Å². The molecule has 1 saturated carbocycles. The monoisotopic (exact) mass is 401 g/mol. The van der Waals surface area contributed by atoms with Crippen molar-refractivity contribution in [3.63, 3.8) is 0 Å². The minimum atomic E-state index is 0. The molecule has 2 aromatic rings. The first-order valence-corrected chi connectivity index (χ1v) is 9.50. The van der Waals surface area contributed by atoms with Crippen molar-refractivity contribution < 1.29 is 9.59 Å². The van der Waals surface area contributed by atoms with Crippen LogP contribution in [0.25, 0.3) is 0 Å². The van der Waals surface area contributed by atoms with Crippen LogP contribution in [0.1, 0.15) is 24.8 Å². The molecule has 2 atom stereocenters. The molecule has 6 heteroatoms. The average Bonchev–Trinajstić information content (AvgIpc) is 3.18. The first-order chi connectivity index (χ1) is 13.1. The van der Waals surface area contributed by atoms with Crippen molar-refractivity contribution in [3.8, 4) is 0 Å². The molecule has 2 amide bonds. The van der Waals surface area contributed by atoms with E-state index in [0.717, 1.165) is 36.2 Å². The molecule has 0 radical (unpaired) electrons. The van der Waals surface area contributed by atoms with Crippen molar-refractivity contribution in [1.82, 2.24) is 0 Å². The van der Waals surface area contributed by atoms with Crippen LogP contribution in [0.3, 0.4) is 0 Å². The quantitative estimate of drug-likeness (QED) is 0.776. The third kappa shape index (κ3) is 5.33. The zero-order chi connectivity index (χ0) is 19.2. The molecule has 0 spiro atoms. The van der Waals surface area contributed by atoms with E-state index in [2.05, 4.69) is 5.32 Å². The number of anilines is 2. The van der Waals surface area contributed by atoms with Gasteiger partial charge in [-0.25, -0.2) is 0 Å². The van der Waals surface area contributed by atoms with Gasteiger partial charge in [0.05, 0.1) is 6.42 Å². The lowest BCUT2D eigenvalue weighted by molar-refractivity contribution is -0.121. The molecule has 0 saturated heterocycles. The lowest BCUT2D eigenvalue weighted by Crippen LogP contribution is -2.29. The molecule has 28 heavy (non-hydrogen) atoms. The van der Waals surface area contributed by atoms with Crippen LogP contribution in [0.4, 0.5) is 11.4 Å². The van der Waals surface area contributed by atoms with E-state index in [1.54, 1.807) is 11.9 Å². The third-order valence-electron chi connectivity index (χ3n) is 5.39. The van der Waals surface area contributed by atoms with Gasteiger partial charge in [0.2, 0.25) is 11.8 Å². The molecule has 0 aromatic heterocycles. The largest absolute Gasteiger partial charge is 0.330 e. The Kier molecular flexibility index (Phi) is 8.03. The van der Waals surface area contributed by atoms with E-state index in [1.165, 1.54) is 0 Å². The Morgan fingerprint density at radius 3 is 2.39 bits per heavy atom. The second-order valence-corrected chi connectivity index (χ2v) is 7.18. The smallest absolute Gasteiger partial charge is 0.231 e. The van der Waals surface area contributed by atoms with Crippen molar-refractivity contribution in [2.45, 2.75) is 25.7 Å². The number of rotatable bonds is 6. The van der Waals surface area contributed by atoms with Crippen LogP contribution in [0.2, 0.25) is 0 Å². The molecule has 150 valence electrons. The number of carbonyl (C=O) groups is 2. The highest BCUT2D eigenvalue weighted by atomic mass is 35.5. The van der Waals surface area contributed by atoms with Gasteiger partial charge in [0, 0.05) is 24.3 Å². The minimum absolute atomic E-state index is 0. The molecule has 1 aliphatic rings.